The van der Waals surface area contributed by atoms with Gasteiger partial charge in [0.15, 0.2) is 11.5 Å². The van der Waals surface area contributed by atoms with Crippen molar-refractivity contribution in [2.75, 3.05) is 20.2 Å². The van der Waals surface area contributed by atoms with Crippen molar-refractivity contribution < 1.29 is 27.9 Å². The van der Waals surface area contributed by atoms with E-state index in [4.69, 9.17) is 9.47 Å². The van der Waals surface area contributed by atoms with E-state index in [1.165, 1.54) is 29.6 Å². The Labute approximate surface area is 163 Å². The minimum absolute atomic E-state index is 0.126. The van der Waals surface area contributed by atoms with Gasteiger partial charge in [0, 0.05) is 19.2 Å². The van der Waals surface area contributed by atoms with E-state index >= 15 is 0 Å². The minimum atomic E-state index is -3.85. The summed E-state index contributed by atoms with van der Waals surface area (Å²) in [5.74, 6) is 0.349. The second kappa shape index (κ2) is 9.00. The van der Waals surface area contributed by atoms with Gasteiger partial charge in [0.05, 0.1) is 23.5 Å². The molecule has 0 aliphatic carbocycles. The Balaban J connectivity index is 2.49. The van der Waals surface area contributed by atoms with Crippen LogP contribution in [0.2, 0.25) is 0 Å². The summed E-state index contributed by atoms with van der Waals surface area (Å²) in [5, 5.41) is 20.7. The van der Waals surface area contributed by atoms with E-state index in [1.54, 1.807) is 26.0 Å². The van der Waals surface area contributed by atoms with Gasteiger partial charge in [-0.15, -0.1) is 0 Å². The summed E-state index contributed by atoms with van der Waals surface area (Å²) in [6.07, 6.45) is 0. The highest BCUT2D eigenvalue weighted by Crippen LogP contribution is 2.38. The zero-order valence-electron chi connectivity index (χ0n) is 15.8. The highest BCUT2D eigenvalue weighted by molar-refractivity contribution is 7.89. The molecule has 2 rings (SSSR count). The number of ether oxygens (including phenoxy) is 2. The van der Waals surface area contributed by atoms with E-state index in [9.17, 15) is 23.6 Å². The van der Waals surface area contributed by atoms with E-state index in [0.717, 1.165) is 6.07 Å². The molecule has 0 fully saturated rings. The first-order valence-electron chi connectivity index (χ1n) is 8.52. The van der Waals surface area contributed by atoms with Crippen LogP contribution in [0.15, 0.2) is 41.3 Å². The Morgan fingerprint density at radius 2 is 1.71 bits per heavy atom. The number of nitrogens with zero attached hydrogens (tertiary/aromatic N) is 2. The van der Waals surface area contributed by atoms with Gasteiger partial charge in [-0.05, 0) is 29.8 Å². The van der Waals surface area contributed by atoms with Gasteiger partial charge in [0.25, 0.3) is 0 Å². The summed E-state index contributed by atoms with van der Waals surface area (Å²) in [6, 6.07) is 8.13. The smallest absolute Gasteiger partial charge is 0.312 e. The Morgan fingerprint density at radius 3 is 2.25 bits per heavy atom. The van der Waals surface area contributed by atoms with Crippen LogP contribution in [-0.2, 0) is 16.6 Å². The molecule has 2 aromatic carbocycles. The van der Waals surface area contributed by atoms with Crippen LogP contribution in [0.5, 0.6) is 17.2 Å². The largest absolute Gasteiger partial charge is 0.493 e. The lowest BCUT2D eigenvalue weighted by Gasteiger charge is -2.18. The first-order chi connectivity index (χ1) is 13.3. The second-order valence-corrected chi connectivity index (χ2v) is 7.66. The molecule has 0 atom stereocenters. The summed E-state index contributed by atoms with van der Waals surface area (Å²) < 4.78 is 37.3. The van der Waals surface area contributed by atoms with Gasteiger partial charge in [-0.1, -0.05) is 19.9 Å². The monoisotopic (exact) mass is 410 g/mol. The summed E-state index contributed by atoms with van der Waals surface area (Å²) >= 11 is 0. The van der Waals surface area contributed by atoms with Gasteiger partial charge in [-0.2, -0.15) is 4.31 Å². The van der Waals surface area contributed by atoms with E-state index in [2.05, 4.69) is 0 Å². The Morgan fingerprint density at radius 1 is 1.07 bits per heavy atom. The van der Waals surface area contributed by atoms with Crippen molar-refractivity contribution in [1.29, 1.82) is 0 Å². The van der Waals surface area contributed by atoms with Crippen molar-refractivity contribution in [2.24, 2.45) is 0 Å². The minimum Gasteiger partial charge on any atom is -0.493 e. The van der Waals surface area contributed by atoms with Crippen LogP contribution in [-0.4, -0.2) is 43.0 Å². The first kappa shape index (κ1) is 21.6. The maximum Gasteiger partial charge on any atom is 0.312 e. The van der Waals surface area contributed by atoms with Gasteiger partial charge >= 0.3 is 5.69 Å². The average Bonchev–Trinajstić information content (AvgIpc) is 2.68. The number of nitro benzene ring substituents is 1. The molecule has 0 saturated heterocycles. The van der Waals surface area contributed by atoms with Gasteiger partial charge in [0.1, 0.15) is 0 Å². The van der Waals surface area contributed by atoms with Crippen LogP contribution in [0.1, 0.15) is 19.4 Å². The van der Waals surface area contributed by atoms with Crippen molar-refractivity contribution >= 4 is 15.7 Å². The normalized spacial score (nSPS) is 11.5. The van der Waals surface area contributed by atoms with Crippen LogP contribution < -0.4 is 9.47 Å². The van der Waals surface area contributed by atoms with E-state index in [0.29, 0.717) is 5.56 Å². The number of nitro groups is 1. The topological polar surface area (TPSA) is 119 Å². The maximum atomic E-state index is 12.6. The molecule has 0 saturated carbocycles. The average molecular weight is 410 g/mol. The fourth-order valence-electron chi connectivity index (χ4n) is 2.61. The summed E-state index contributed by atoms with van der Waals surface area (Å²) in [5.41, 5.74) is 0.0980. The molecule has 0 radical (unpaired) electrons. The zero-order valence-corrected chi connectivity index (χ0v) is 16.6. The van der Waals surface area contributed by atoms with Crippen LogP contribution >= 0.6 is 0 Å². The number of aliphatic hydroxyl groups excluding tert-OH is 1. The number of benzene rings is 2. The third kappa shape index (κ3) is 4.41. The summed E-state index contributed by atoms with van der Waals surface area (Å²) in [4.78, 5) is 10.6. The van der Waals surface area contributed by atoms with E-state index in [-0.39, 0.29) is 41.8 Å². The predicted octanol–water partition coefficient (Wildman–Crippen LogP) is 2.92. The van der Waals surface area contributed by atoms with Gasteiger partial charge in [-0.3, -0.25) is 10.1 Å². The lowest BCUT2D eigenvalue weighted by atomic mass is 10.2. The molecule has 28 heavy (non-hydrogen) atoms. The standard InChI is InChI=1S/C18H22N2O7S/c1-4-19(5-2)28(24,25)14-7-9-16(15(11-14)20(22)23)27-17-8-6-13(12-21)10-18(17)26-3/h6-11,21H,4-5,12H2,1-3H3. The maximum absolute atomic E-state index is 12.6. The van der Waals surface area contributed by atoms with Crippen LogP contribution in [0, 0.1) is 10.1 Å². The molecule has 10 heteroatoms. The molecule has 0 heterocycles. The Bertz CT molecular complexity index is 956. The number of methoxy groups -OCH3 is 1. The zero-order chi connectivity index (χ0) is 20.9. The molecule has 0 aromatic heterocycles. The number of aliphatic hydroxyl groups is 1. The number of sulfonamides is 1. The molecule has 0 unspecified atom stereocenters. The fraction of sp³-hybridized carbons (Fsp3) is 0.333. The van der Waals surface area contributed by atoms with Crippen molar-refractivity contribution in [2.45, 2.75) is 25.3 Å². The second-order valence-electron chi connectivity index (χ2n) is 5.72. The summed E-state index contributed by atoms with van der Waals surface area (Å²) in [7, 11) is -2.45. The molecule has 0 aliphatic rings. The van der Waals surface area contributed by atoms with Crippen molar-refractivity contribution in [3.63, 3.8) is 0 Å². The van der Waals surface area contributed by atoms with E-state index < -0.39 is 20.6 Å². The fourth-order valence-corrected chi connectivity index (χ4v) is 4.09. The number of hydrogen-bond acceptors (Lipinski definition) is 7. The lowest BCUT2D eigenvalue weighted by molar-refractivity contribution is -0.385. The van der Waals surface area contributed by atoms with E-state index in [1.807, 2.05) is 0 Å². The van der Waals surface area contributed by atoms with Crippen molar-refractivity contribution in [1.82, 2.24) is 4.31 Å². The molecule has 1 N–H and O–H groups in total. The Kier molecular flexibility index (Phi) is 6.95. The molecular formula is C18H22N2O7S. The predicted molar refractivity (Wildman–Crippen MR) is 102 cm³/mol. The molecular weight excluding hydrogens is 388 g/mol. The quantitative estimate of drug-likeness (QED) is 0.498. The molecule has 9 nitrogen and oxygen atoms in total. The van der Waals surface area contributed by atoms with Crippen LogP contribution in [0.4, 0.5) is 5.69 Å². The molecule has 0 aliphatic heterocycles. The highest BCUT2D eigenvalue weighted by atomic mass is 32.2. The molecule has 0 spiro atoms. The SMILES string of the molecule is CCN(CC)S(=O)(=O)c1ccc(Oc2ccc(CO)cc2OC)c([N+](=O)[O-])c1. The number of hydrogen-bond donors (Lipinski definition) is 1. The van der Waals surface area contributed by atoms with Gasteiger partial charge in [-0.25, -0.2) is 8.42 Å². The molecule has 152 valence electrons. The summed E-state index contributed by atoms with van der Waals surface area (Å²) in [6.45, 7) is 3.68. The van der Waals surface area contributed by atoms with Crippen LogP contribution in [0.3, 0.4) is 0 Å². The highest BCUT2D eigenvalue weighted by Gasteiger charge is 2.26. The molecule has 0 amide bonds. The lowest BCUT2D eigenvalue weighted by Crippen LogP contribution is -2.30. The van der Waals surface area contributed by atoms with Crippen molar-refractivity contribution in [3.05, 3.63) is 52.1 Å². The van der Waals surface area contributed by atoms with Crippen molar-refractivity contribution in [3.8, 4) is 17.2 Å². The first-order valence-corrected chi connectivity index (χ1v) is 9.96. The third-order valence-electron chi connectivity index (χ3n) is 4.10. The third-order valence-corrected chi connectivity index (χ3v) is 6.15. The van der Waals surface area contributed by atoms with Crippen LogP contribution in [0.25, 0.3) is 0 Å². The number of rotatable bonds is 9. The molecule has 0 bridgehead atoms. The van der Waals surface area contributed by atoms with Gasteiger partial charge < -0.3 is 14.6 Å². The molecule has 2 aromatic rings. The Hall–Kier alpha value is -2.69. The van der Waals surface area contributed by atoms with Gasteiger partial charge in [0.2, 0.25) is 15.8 Å².